The Morgan fingerprint density at radius 3 is 2.71 bits per heavy atom. The van der Waals surface area contributed by atoms with Crippen LogP contribution in [0.15, 0.2) is 43.1 Å². The Hall–Kier alpha value is -2.27. The molecule has 0 amide bonds. The number of rotatable bonds is 2. The van der Waals surface area contributed by atoms with Gasteiger partial charge in [-0.1, -0.05) is 24.3 Å². The summed E-state index contributed by atoms with van der Waals surface area (Å²) in [5.41, 5.74) is 0.810. The normalized spacial score (nSPS) is 10.9. The molecule has 5 nitrogen and oxygen atoms in total. The number of fused-ring (bicyclic) bond motifs is 1. The first kappa shape index (κ1) is 9.92. The summed E-state index contributed by atoms with van der Waals surface area (Å²) < 4.78 is 1.61. The minimum Gasteiger partial charge on any atom is -0.392 e. The molecule has 3 aromatic rings. The minimum absolute atomic E-state index is 0.0227. The molecule has 1 aromatic carbocycles. The van der Waals surface area contributed by atoms with Crippen LogP contribution in [0.3, 0.4) is 0 Å². The second kappa shape index (κ2) is 3.95. The fourth-order valence-electron chi connectivity index (χ4n) is 1.86. The third-order valence-corrected chi connectivity index (χ3v) is 2.66. The summed E-state index contributed by atoms with van der Waals surface area (Å²) in [6.45, 7) is -0.0227. The van der Waals surface area contributed by atoms with Gasteiger partial charge >= 0.3 is 0 Å². The van der Waals surface area contributed by atoms with Gasteiger partial charge in [0.25, 0.3) is 0 Å². The maximum Gasteiger partial charge on any atom is 0.163 e. The number of hydrogen-bond acceptors (Lipinski definition) is 4. The highest BCUT2D eigenvalue weighted by atomic mass is 16.3. The molecule has 0 spiro atoms. The summed E-state index contributed by atoms with van der Waals surface area (Å²) in [5.74, 6) is 0.718. The van der Waals surface area contributed by atoms with Crippen LogP contribution in [0.2, 0.25) is 0 Å². The number of benzene rings is 1. The van der Waals surface area contributed by atoms with Gasteiger partial charge in [0.15, 0.2) is 5.82 Å². The van der Waals surface area contributed by atoms with E-state index in [0.717, 1.165) is 22.2 Å². The van der Waals surface area contributed by atoms with E-state index in [1.165, 1.54) is 6.33 Å². The molecule has 17 heavy (non-hydrogen) atoms. The maximum atomic E-state index is 9.28. The number of hydrogen-bond donors (Lipinski definition) is 1. The van der Waals surface area contributed by atoms with Crippen LogP contribution in [0, 0.1) is 0 Å². The minimum atomic E-state index is -0.0227. The zero-order chi connectivity index (χ0) is 11.7. The lowest BCUT2D eigenvalue weighted by molar-refractivity contribution is 0.283. The molecule has 0 radical (unpaired) electrons. The lowest BCUT2D eigenvalue weighted by Gasteiger charge is -2.08. The van der Waals surface area contributed by atoms with Crippen molar-refractivity contribution >= 4 is 10.8 Å². The Labute approximate surface area is 97.4 Å². The lowest BCUT2D eigenvalue weighted by Crippen LogP contribution is -2.01. The van der Waals surface area contributed by atoms with Crippen molar-refractivity contribution in [2.24, 2.45) is 0 Å². The third-order valence-electron chi connectivity index (χ3n) is 2.66. The van der Waals surface area contributed by atoms with E-state index in [-0.39, 0.29) is 6.61 Å². The van der Waals surface area contributed by atoms with E-state index >= 15 is 0 Å². The largest absolute Gasteiger partial charge is 0.392 e. The molecule has 2 heterocycles. The highest BCUT2D eigenvalue weighted by Gasteiger charge is 2.08. The van der Waals surface area contributed by atoms with Gasteiger partial charge in [-0.2, -0.15) is 5.10 Å². The maximum absolute atomic E-state index is 9.28. The van der Waals surface area contributed by atoms with Crippen LogP contribution in [0.25, 0.3) is 16.6 Å². The van der Waals surface area contributed by atoms with Gasteiger partial charge < -0.3 is 5.11 Å². The molecular weight excluding hydrogens is 216 g/mol. The summed E-state index contributed by atoms with van der Waals surface area (Å²) in [4.78, 5) is 8.23. The van der Waals surface area contributed by atoms with Crippen LogP contribution in [-0.4, -0.2) is 24.9 Å². The molecule has 2 aromatic heterocycles. The molecule has 5 heteroatoms. The molecule has 0 aliphatic heterocycles. The van der Waals surface area contributed by atoms with E-state index in [9.17, 15) is 5.11 Å². The Kier molecular flexibility index (Phi) is 2.31. The first-order valence-electron chi connectivity index (χ1n) is 5.22. The Morgan fingerprint density at radius 1 is 1.18 bits per heavy atom. The predicted octanol–water partition coefficient (Wildman–Crippen LogP) is 1.31. The average Bonchev–Trinajstić information content (AvgIpc) is 2.91. The molecule has 0 fully saturated rings. The zero-order valence-corrected chi connectivity index (χ0v) is 8.98. The van der Waals surface area contributed by atoms with Gasteiger partial charge in [-0.25, -0.2) is 14.6 Å². The number of aromatic nitrogens is 4. The number of pyridine rings is 1. The van der Waals surface area contributed by atoms with Gasteiger partial charge in [0.05, 0.1) is 6.61 Å². The molecule has 1 N–H and O–H groups in total. The van der Waals surface area contributed by atoms with Crippen LogP contribution in [0.4, 0.5) is 0 Å². The van der Waals surface area contributed by atoms with Crippen molar-refractivity contribution in [1.29, 1.82) is 0 Å². The van der Waals surface area contributed by atoms with E-state index in [2.05, 4.69) is 15.1 Å². The molecule has 0 saturated carbocycles. The Morgan fingerprint density at radius 2 is 2.00 bits per heavy atom. The quantitative estimate of drug-likeness (QED) is 0.715. The summed E-state index contributed by atoms with van der Waals surface area (Å²) in [6.07, 6.45) is 4.74. The highest BCUT2D eigenvalue weighted by molar-refractivity contribution is 5.90. The standard InChI is InChI=1S/C12H10N4O/c17-6-9-5-14-12(16-8-13-7-15-16)11-4-2-1-3-10(9)11/h1-5,7-8,17H,6H2. The predicted molar refractivity (Wildman–Crippen MR) is 62.6 cm³/mol. The number of aliphatic hydroxyl groups excluding tert-OH is 1. The van der Waals surface area contributed by atoms with Crippen LogP contribution >= 0.6 is 0 Å². The van der Waals surface area contributed by atoms with Gasteiger partial charge in [0, 0.05) is 17.1 Å². The van der Waals surface area contributed by atoms with Crippen LogP contribution < -0.4 is 0 Å². The highest BCUT2D eigenvalue weighted by Crippen LogP contribution is 2.22. The van der Waals surface area contributed by atoms with Gasteiger partial charge in [0.1, 0.15) is 12.7 Å². The summed E-state index contributed by atoms with van der Waals surface area (Å²) >= 11 is 0. The molecule has 0 bridgehead atoms. The second-order valence-corrected chi connectivity index (χ2v) is 3.65. The smallest absolute Gasteiger partial charge is 0.163 e. The van der Waals surface area contributed by atoms with E-state index in [4.69, 9.17) is 0 Å². The van der Waals surface area contributed by atoms with E-state index in [1.54, 1.807) is 17.2 Å². The molecular formula is C12H10N4O. The van der Waals surface area contributed by atoms with Crippen molar-refractivity contribution in [1.82, 2.24) is 19.7 Å². The van der Waals surface area contributed by atoms with Crippen molar-refractivity contribution in [3.63, 3.8) is 0 Å². The topological polar surface area (TPSA) is 63.8 Å². The van der Waals surface area contributed by atoms with E-state index in [1.807, 2.05) is 24.3 Å². The first-order valence-corrected chi connectivity index (χ1v) is 5.22. The summed E-state index contributed by atoms with van der Waals surface area (Å²) in [5, 5.41) is 15.3. The van der Waals surface area contributed by atoms with Gasteiger partial charge in [-0.05, 0) is 5.39 Å². The second-order valence-electron chi connectivity index (χ2n) is 3.65. The zero-order valence-electron chi connectivity index (χ0n) is 8.98. The Balaban J connectivity index is 2.34. The van der Waals surface area contributed by atoms with Crippen molar-refractivity contribution in [2.45, 2.75) is 6.61 Å². The first-order chi connectivity index (χ1) is 8.40. The Bertz CT molecular complexity index is 649. The van der Waals surface area contributed by atoms with Crippen molar-refractivity contribution in [3.8, 4) is 5.82 Å². The fraction of sp³-hybridized carbons (Fsp3) is 0.0833. The molecule has 0 aliphatic rings. The van der Waals surface area contributed by atoms with E-state index < -0.39 is 0 Å². The number of aliphatic hydroxyl groups is 1. The van der Waals surface area contributed by atoms with Gasteiger partial charge in [-0.15, -0.1) is 0 Å². The third kappa shape index (κ3) is 1.57. The molecule has 0 saturated heterocycles. The molecule has 0 unspecified atom stereocenters. The average molecular weight is 226 g/mol. The molecule has 0 atom stereocenters. The SMILES string of the molecule is OCc1cnc(-n2cncn2)c2ccccc12. The summed E-state index contributed by atoms with van der Waals surface area (Å²) in [7, 11) is 0. The lowest BCUT2D eigenvalue weighted by atomic mass is 10.1. The van der Waals surface area contributed by atoms with Crippen molar-refractivity contribution in [3.05, 3.63) is 48.7 Å². The molecule has 0 aliphatic carbocycles. The van der Waals surface area contributed by atoms with Crippen LogP contribution in [0.1, 0.15) is 5.56 Å². The molecule has 3 rings (SSSR count). The molecule has 84 valence electrons. The van der Waals surface area contributed by atoms with Crippen LogP contribution in [-0.2, 0) is 6.61 Å². The van der Waals surface area contributed by atoms with Gasteiger partial charge in [-0.3, -0.25) is 0 Å². The van der Waals surface area contributed by atoms with Crippen molar-refractivity contribution < 1.29 is 5.11 Å². The van der Waals surface area contributed by atoms with Crippen molar-refractivity contribution in [2.75, 3.05) is 0 Å². The van der Waals surface area contributed by atoms with Gasteiger partial charge in [0.2, 0.25) is 0 Å². The summed E-state index contributed by atoms with van der Waals surface area (Å²) in [6, 6.07) is 7.79. The van der Waals surface area contributed by atoms with Crippen LogP contribution in [0.5, 0.6) is 0 Å². The monoisotopic (exact) mass is 226 g/mol. The number of nitrogens with zero attached hydrogens (tertiary/aromatic N) is 4. The van der Waals surface area contributed by atoms with E-state index in [0.29, 0.717) is 0 Å². The fourth-order valence-corrected chi connectivity index (χ4v) is 1.86.